The third-order valence-corrected chi connectivity index (χ3v) is 16.7. The highest BCUT2D eigenvalue weighted by Crippen LogP contribution is 2.48. The van der Waals surface area contributed by atoms with E-state index in [0.29, 0.717) is 57.5 Å². The molecule has 0 amide bonds. The Labute approximate surface area is 343 Å². The van der Waals surface area contributed by atoms with E-state index in [2.05, 4.69) is 71.9 Å². The van der Waals surface area contributed by atoms with E-state index in [1.807, 2.05) is 36.4 Å². The van der Waals surface area contributed by atoms with Gasteiger partial charge in [0.05, 0.1) is 18.2 Å². The molecule has 310 valence electrons. The quantitative estimate of drug-likeness (QED) is 0.0714. The topological polar surface area (TPSA) is 75.6 Å². The second-order valence-electron chi connectivity index (χ2n) is 16.3. The standard InChI is InChI=1S/C47H69ClO7Si/c1-7-11-28-50-34-40-44(51-29-12-8-2)46(53-31-14-10-4)45(52-30-13-9-3)43(55-40)39-33-35(41(48)42-38(39)26-32-54-42)25-27-47(5,6)56(49,36-21-17-15-18-22-36)37-23-19-16-20-24-37/h15-24,33,40,43-46,49H,7-14,25-32,34H2,1-6H3/t40-,43?,44-,45+,46+/m1/s1. The number of halogens is 1. The first-order chi connectivity index (χ1) is 27.2. The Morgan fingerprint density at radius 3 is 1.86 bits per heavy atom. The van der Waals surface area contributed by atoms with Gasteiger partial charge >= 0.3 is 0 Å². The predicted molar refractivity (Wildman–Crippen MR) is 230 cm³/mol. The summed E-state index contributed by atoms with van der Waals surface area (Å²) in [5.41, 5.74) is 3.11. The molecule has 0 saturated carbocycles. The van der Waals surface area contributed by atoms with Gasteiger partial charge in [-0.3, -0.25) is 0 Å². The van der Waals surface area contributed by atoms with Crippen LogP contribution >= 0.6 is 11.6 Å². The van der Waals surface area contributed by atoms with Gasteiger partial charge in [0.1, 0.15) is 36.3 Å². The highest BCUT2D eigenvalue weighted by atomic mass is 35.5. The number of rotatable bonds is 24. The average Bonchev–Trinajstić information content (AvgIpc) is 3.72. The Morgan fingerprint density at radius 1 is 0.750 bits per heavy atom. The number of fused-ring (bicyclic) bond motifs is 1. The molecule has 2 aliphatic heterocycles. The maximum absolute atomic E-state index is 12.9. The summed E-state index contributed by atoms with van der Waals surface area (Å²) in [6.07, 6.45) is 8.24. The van der Waals surface area contributed by atoms with E-state index >= 15 is 0 Å². The van der Waals surface area contributed by atoms with Crippen molar-refractivity contribution in [1.29, 1.82) is 0 Å². The molecular weight excluding hydrogens is 740 g/mol. The van der Waals surface area contributed by atoms with Gasteiger partial charge in [0, 0.05) is 38.4 Å². The van der Waals surface area contributed by atoms with Crippen molar-refractivity contribution in [2.24, 2.45) is 0 Å². The molecule has 3 aromatic carbocycles. The molecule has 2 heterocycles. The summed E-state index contributed by atoms with van der Waals surface area (Å²) in [6, 6.07) is 22.7. The first kappa shape index (κ1) is 44.8. The molecule has 1 fully saturated rings. The van der Waals surface area contributed by atoms with Crippen molar-refractivity contribution in [3.63, 3.8) is 0 Å². The van der Waals surface area contributed by atoms with Gasteiger partial charge in [-0.05, 0) is 65.1 Å². The van der Waals surface area contributed by atoms with Crippen molar-refractivity contribution < 1.29 is 33.2 Å². The normalized spacial score (nSPS) is 21.2. The molecule has 5 rings (SSSR count). The molecule has 0 bridgehead atoms. The number of ether oxygens (including phenoxy) is 6. The van der Waals surface area contributed by atoms with Gasteiger partial charge < -0.3 is 33.2 Å². The monoisotopic (exact) mass is 808 g/mol. The first-order valence-corrected chi connectivity index (χ1v) is 23.9. The maximum Gasteiger partial charge on any atom is 0.258 e. The lowest BCUT2D eigenvalue weighted by atomic mass is 9.86. The van der Waals surface area contributed by atoms with Crippen LogP contribution in [0.5, 0.6) is 5.75 Å². The molecule has 0 radical (unpaired) electrons. The molecule has 1 unspecified atom stereocenters. The largest absolute Gasteiger partial charge is 0.491 e. The molecule has 1 N–H and O–H groups in total. The molecule has 56 heavy (non-hydrogen) atoms. The van der Waals surface area contributed by atoms with Crippen LogP contribution in [0.4, 0.5) is 0 Å². The SMILES string of the molecule is CCCCOC[C@H]1OC(c2cc(CCC(C)(C)[Si](O)(c3ccccc3)c3ccccc3)c(Cl)c3c2CCO3)[C@H](OCCCC)[C@@H](OCCCC)[C@@H]1OCCCC. The summed E-state index contributed by atoms with van der Waals surface area (Å²) in [7, 11) is -3.23. The summed E-state index contributed by atoms with van der Waals surface area (Å²) in [6.45, 7) is 16.6. The lowest BCUT2D eigenvalue weighted by Gasteiger charge is -2.47. The fourth-order valence-corrected chi connectivity index (χ4v) is 12.2. The molecule has 7 nitrogen and oxygen atoms in total. The summed E-state index contributed by atoms with van der Waals surface area (Å²) in [5.74, 6) is 0.743. The van der Waals surface area contributed by atoms with Gasteiger partial charge in [0.25, 0.3) is 8.32 Å². The predicted octanol–water partition coefficient (Wildman–Crippen LogP) is 9.55. The van der Waals surface area contributed by atoms with Crippen molar-refractivity contribution in [2.75, 3.05) is 39.6 Å². The van der Waals surface area contributed by atoms with Gasteiger partial charge in [0.2, 0.25) is 0 Å². The molecule has 2 aliphatic rings. The Bertz CT molecular complexity index is 1550. The third kappa shape index (κ3) is 10.7. The zero-order valence-corrected chi connectivity index (χ0v) is 36.8. The molecule has 3 aromatic rings. The van der Waals surface area contributed by atoms with E-state index in [1.54, 1.807) is 0 Å². The summed E-state index contributed by atoms with van der Waals surface area (Å²) in [4.78, 5) is 12.9. The van der Waals surface area contributed by atoms with Crippen LogP contribution in [0.15, 0.2) is 66.7 Å². The zero-order valence-electron chi connectivity index (χ0n) is 35.0. The smallest absolute Gasteiger partial charge is 0.258 e. The van der Waals surface area contributed by atoms with Crippen molar-refractivity contribution in [3.8, 4) is 5.75 Å². The van der Waals surface area contributed by atoms with Gasteiger partial charge in [-0.15, -0.1) is 0 Å². The Balaban J connectivity index is 1.55. The Kier molecular flexibility index (Phi) is 17.8. The molecule has 0 aromatic heterocycles. The molecule has 9 heteroatoms. The van der Waals surface area contributed by atoms with Gasteiger partial charge in [0.15, 0.2) is 0 Å². The minimum absolute atomic E-state index is 0.335. The maximum atomic E-state index is 12.9. The minimum atomic E-state index is -3.23. The highest BCUT2D eigenvalue weighted by Gasteiger charge is 2.51. The number of aryl methyl sites for hydroxylation is 1. The van der Waals surface area contributed by atoms with Crippen LogP contribution in [0, 0.1) is 0 Å². The minimum Gasteiger partial charge on any atom is -0.491 e. The first-order valence-electron chi connectivity index (χ1n) is 21.6. The van der Waals surface area contributed by atoms with Gasteiger partial charge in [-0.1, -0.05) is 146 Å². The average molecular weight is 810 g/mol. The molecule has 5 atom stereocenters. The van der Waals surface area contributed by atoms with E-state index in [9.17, 15) is 4.80 Å². The van der Waals surface area contributed by atoms with Crippen LogP contribution in [0.1, 0.15) is 122 Å². The van der Waals surface area contributed by atoms with Crippen molar-refractivity contribution in [3.05, 3.63) is 88.4 Å². The lowest BCUT2D eigenvalue weighted by Crippen LogP contribution is -2.65. The van der Waals surface area contributed by atoms with E-state index in [4.69, 9.17) is 40.0 Å². The number of unbranched alkanes of at least 4 members (excludes halogenated alkanes) is 4. The number of hydrogen-bond acceptors (Lipinski definition) is 7. The second-order valence-corrected chi connectivity index (χ2v) is 20.6. The van der Waals surface area contributed by atoms with Crippen LogP contribution in [-0.2, 0) is 36.5 Å². The van der Waals surface area contributed by atoms with Crippen LogP contribution in [-0.4, -0.2) is 77.2 Å². The molecule has 0 spiro atoms. The highest BCUT2D eigenvalue weighted by molar-refractivity contribution is 6.98. The van der Waals surface area contributed by atoms with Crippen LogP contribution in [0.25, 0.3) is 0 Å². The van der Waals surface area contributed by atoms with E-state index < -0.39 is 25.6 Å². The zero-order chi connectivity index (χ0) is 40.0. The van der Waals surface area contributed by atoms with Crippen LogP contribution in [0.3, 0.4) is 0 Å². The van der Waals surface area contributed by atoms with E-state index in [0.717, 1.165) is 90.6 Å². The van der Waals surface area contributed by atoms with Crippen LogP contribution < -0.4 is 15.1 Å². The molecular formula is C47H69ClO7Si. The molecule has 1 saturated heterocycles. The van der Waals surface area contributed by atoms with Gasteiger partial charge in [-0.2, -0.15) is 0 Å². The summed E-state index contributed by atoms with van der Waals surface area (Å²) >= 11 is 7.30. The Hall–Kier alpha value is -2.27. The summed E-state index contributed by atoms with van der Waals surface area (Å²) < 4.78 is 40.3. The van der Waals surface area contributed by atoms with Gasteiger partial charge in [-0.25, -0.2) is 0 Å². The Morgan fingerprint density at radius 2 is 1.29 bits per heavy atom. The van der Waals surface area contributed by atoms with Crippen molar-refractivity contribution >= 4 is 30.3 Å². The van der Waals surface area contributed by atoms with Crippen molar-refractivity contribution in [1.82, 2.24) is 0 Å². The second kappa shape index (κ2) is 22.2. The van der Waals surface area contributed by atoms with Crippen molar-refractivity contribution in [2.45, 2.75) is 148 Å². The molecule has 0 aliphatic carbocycles. The third-order valence-electron chi connectivity index (χ3n) is 11.7. The number of hydrogen-bond donors (Lipinski definition) is 1. The summed E-state index contributed by atoms with van der Waals surface area (Å²) in [5, 5.41) is 2.20. The fraction of sp³-hybridized carbons (Fsp3) is 0.617. The fourth-order valence-electron chi connectivity index (χ4n) is 8.19. The lowest BCUT2D eigenvalue weighted by molar-refractivity contribution is -0.268. The number of benzene rings is 3. The van der Waals surface area contributed by atoms with E-state index in [1.165, 1.54) is 0 Å². The van der Waals surface area contributed by atoms with E-state index in [-0.39, 0.29) is 18.3 Å². The van der Waals surface area contributed by atoms with Crippen LogP contribution in [0.2, 0.25) is 10.1 Å².